The summed E-state index contributed by atoms with van der Waals surface area (Å²) in [4.78, 5) is 2.93. The summed E-state index contributed by atoms with van der Waals surface area (Å²) in [5.41, 5.74) is 0.992. The van der Waals surface area contributed by atoms with Crippen LogP contribution in [0, 0.1) is 0 Å². The van der Waals surface area contributed by atoms with Crippen LogP contribution in [0.3, 0.4) is 0 Å². The van der Waals surface area contributed by atoms with Gasteiger partial charge in [-0.1, -0.05) is 41.7 Å². The van der Waals surface area contributed by atoms with Gasteiger partial charge >= 0.3 is 6.18 Å². The molecule has 0 aliphatic rings. The van der Waals surface area contributed by atoms with Gasteiger partial charge in [-0.15, -0.1) is 0 Å². The number of hydrogen-bond acceptors (Lipinski definition) is 4. The van der Waals surface area contributed by atoms with Gasteiger partial charge in [0.25, 0.3) is 0 Å². The summed E-state index contributed by atoms with van der Waals surface area (Å²) in [6.07, 6.45) is -3.08. The average Bonchev–Trinajstić information content (AvgIpc) is 2.87. The van der Waals surface area contributed by atoms with E-state index in [1.807, 2.05) is 30.3 Å². The van der Waals surface area contributed by atoms with Crippen molar-refractivity contribution < 1.29 is 18.3 Å². The number of nitrogens with zero attached hydrogens (tertiary/aromatic N) is 1. The Kier molecular flexibility index (Phi) is 4.61. The van der Waals surface area contributed by atoms with Crippen molar-refractivity contribution in [3.8, 4) is 0 Å². The zero-order valence-electron chi connectivity index (χ0n) is 10.4. The minimum atomic E-state index is -4.38. The maximum Gasteiger partial charge on any atom is 0.427 e. The summed E-state index contributed by atoms with van der Waals surface area (Å²) in [6, 6.07) is 9.04. The molecule has 2 N–H and O–H groups in total. The molecule has 108 valence electrons. The van der Waals surface area contributed by atoms with Gasteiger partial charge in [0.05, 0.1) is 18.8 Å². The molecule has 2 rings (SSSR count). The van der Waals surface area contributed by atoms with Crippen molar-refractivity contribution >= 4 is 16.5 Å². The molecule has 3 nitrogen and oxygen atoms in total. The van der Waals surface area contributed by atoms with E-state index < -0.39 is 11.1 Å². The fraction of sp³-hybridized carbons (Fsp3) is 0.308. The smallest absolute Gasteiger partial charge is 0.394 e. The molecule has 0 bridgehead atoms. The van der Waals surface area contributed by atoms with Crippen LogP contribution < -0.4 is 5.32 Å². The average molecular weight is 302 g/mol. The predicted molar refractivity (Wildman–Crippen MR) is 71.8 cm³/mol. The topological polar surface area (TPSA) is 45.1 Å². The quantitative estimate of drug-likeness (QED) is 0.891. The van der Waals surface area contributed by atoms with Crippen LogP contribution in [-0.4, -0.2) is 22.7 Å². The molecule has 1 aromatic carbocycles. The molecule has 20 heavy (non-hydrogen) atoms. The van der Waals surface area contributed by atoms with Gasteiger partial charge in [0.2, 0.25) is 0 Å². The Balaban J connectivity index is 2.01. The van der Waals surface area contributed by atoms with Gasteiger partial charge in [-0.3, -0.25) is 0 Å². The summed E-state index contributed by atoms with van der Waals surface area (Å²) < 4.78 is 37.4. The molecule has 1 unspecified atom stereocenters. The summed E-state index contributed by atoms with van der Waals surface area (Å²) >= 11 is 0.536. The number of benzene rings is 1. The summed E-state index contributed by atoms with van der Waals surface area (Å²) in [7, 11) is 0. The third-order valence-corrected chi connectivity index (χ3v) is 3.63. The fourth-order valence-corrected chi connectivity index (χ4v) is 2.47. The number of aliphatic hydroxyl groups is 1. The maximum absolute atomic E-state index is 12.5. The van der Waals surface area contributed by atoms with E-state index >= 15 is 0 Å². The molecule has 0 radical (unpaired) electrons. The van der Waals surface area contributed by atoms with E-state index in [2.05, 4.69) is 10.3 Å². The van der Waals surface area contributed by atoms with Crippen molar-refractivity contribution in [2.24, 2.45) is 0 Å². The molecule has 0 amide bonds. The number of hydrogen-bond donors (Lipinski definition) is 2. The van der Waals surface area contributed by atoms with E-state index in [1.165, 1.54) is 0 Å². The number of alkyl halides is 3. The summed E-state index contributed by atoms with van der Waals surface area (Å²) in [5, 5.41) is 12.3. The van der Waals surface area contributed by atoms with Crippen LogP contribution >= 0.6 is 11.3 Å². The van der Waals surface area contributed by atoms with Gasteiger partial charge in [0, 0.05) is 0 Å². The van der Waals surface area contributed by atoms with Crippen LogP contribution in [0.15, 0.2) is 36.5 Å². The van der Waals surface area contributed by atoms with E-state index in [4.69, 9.17) is 0 Å². The molecule has 2 aromatic rings. The number of anilines is 1. The monoisotopic (exact) mass is 302 g/mol. The van der Waals surface area contributed by atoms with Gasteiger partial charge in [-0.2, -0.15) is 13.2 Å². The summed E-state index contributed by atoms with van der Waals surface area (Å²) in [5.74, 6) is 0. The lowest BCUT2D eigenvalue weighted by molar-refractivity contribution is -0.134. The van der Waals surface area contributed by atoms with Crippen molar-refractivity contribution in [1.29, 1.82) is 0 Å². The van der Waals surface area contributed by atoms with Crippen LogP contribution in [0.4, 0.5) is 18.3 Å². The SMILES string of the molecule is OCC(Cc1ccccc1)Nc1ncc(C(F)(F)F)s1. The maximum atomic E-state index is 12.5. The molecule has 1 heterocycles. The first-order chi connectivity index (χ1) is 9.49. The molecule has 7 heteroatoms. The molecular weight excluding hydrogens is 289 g/mol. The normalized spacial score (nSPS) is 13.2. The Bertz CT molecular complexity index is 542. The largest absolute Gasteiger partial charge is 0.427 e. The zero-order valence-corrected chi connectivity index (χ0v) is 11.2. The Morgan fingerprint density at radius 1 is 1.25 bits per heavy atom. The molecule has 0 saturated carbocycles. The second-order valence-corrected chi connectivity index (χ2v) is 5.27. The molecule has 0 aliphatic heterocycles. The minimum absolute atomic E-state index is 0.160. The van der Waals surface area contributed by atoms with Crippen LogP contribution in [0.1, 0.15) is 10.4 Å². The highest BCUT2D eigenvalue weighted by atomic mass is 32.1. The fourth-order valence-electron chi connectivity index (χ4n) is 1.71. The number of nitrogens with one attached hydrogen (secondary N) is 1. The Hall–Kier alpha value is -1.60. The number of aromatic nitrogens is 1. The minimum Gasteiger partial charge on any atom is -0.394 e. The van der Waals surface area contributed by atoms with E-state index in [0.717, 1.165) is 11.8 Å². The van der Waals surface area contributed by atoms with Crippen LogP contribution in [-0.2, 0) is 12.6 Å². The first-order valence-corrected chi connectivity index (χ1v) is 6.75. The van der Waals surface area contributed by atoms with Crippen molar-refractivity contribution in [3.05, 3.63) is 47.0 Å². The van der Waals surface area contributed by atoms with Gasteiger partial charge < -0.3 is 10.4 Å². The van der Waals surface area contributed by atoms with Gasteiger partial charge in [0.1, 0.15) is 4.88 Å². The second-order valence-electron chi connectivity index (χ2n) is 4.24. The summed E-state index contributed by atoms with van der Waals surface area (Å²) in [6.45, 7) is -0.185. The standard InChI is InChI=1S/C13H13F3N2OS/c14-13(15,16)11-7-17-12(20-11)18-10(8-19)6-9-4-2-1-3-5-9/h1-5,7,10,19H,6,8H2,(H,17,18). The highest BCUT2D eigenvalue weighted by Crippen LogP contribution is 2.35. The van der Waals surface area contributed by atoms with Gasteiger partial charge in [-0.25, -0.2) is 4.98 Å². The molecule has 0 spiro atoms. The van der Waals surface area contributed by atoms with E-state index in [0.29, 0.717) is 17.8 Å². The number of halogens is 3. The lowest BCUT2D eigenvalue weighted by atomic mass is 10.1. The van der Waals surface area contributed by atoms with Crippen molar-refractivity contribution in [3.63, 3.8) is 0 Å². The van der Waals surface area contributed by atoms with E-state index in [-0.39, 0.29) is 17.8 Å². The number of thiazole rings is 1. The Labute approximate surface area is 118 Å². The van der Waals surface area contributed by atoms with Crippen LogP contribution in [0.5, 0.6) is 0 Å². The third-order valence-electron chi connectivity index (χ3n) is 2.66. The number of aliphatic hydroxyl groups excluding tert-OH is 1. The lowest BCUT2D eigenvalue weighted by Crippen LogP contribution is -2.26. The molecule has 0 saturated heterocycles. The lowest BCUT2D eigenvalue weighted by Gasteiger charge is -2.15. The molecule has 1 atom stereocenters. The predicted octanol–water partition coefficient (Wildman–Crippen LogP) is 3.18. The second kappa shape index (κ2) is 6.23. The van der Waals surface area contributed by atoms with Gasteiger partial charge in [-0.05, 0) is 12.0 Å². The Morgan fingerprint density at radius 3 is 2.50 bits per heavy atom. The molecule has 0 fully saturated rings. The highest BCUT2D eigenvalue weighted by Gasteiger charge is 2.33. The Morgan fingerprint density at radius 2 is 1.95 bits per heavy atom. The van der Waals surface area contributed by atoms with E-state index in [9.17, 15) is 18.3 Å². The number of rotatable bonds is 5. The van der Waals surface area contributed by atoms with Crippen LogP contribution in [0.2, 0.25) is 0 Å². The van der Waals surface area contributed by atoms with E-state index in [1.54, 1.807) is 0 Å². The zero-order chi connectivity index (χ0) is 14.6. The molecule has 1 aromatic heterocycles. The highest BCUT2D eigenvalue weighted by molar-refractivity contribution is 7.15. The van der Waals surface area contributed by atoms with Crippen molar-refractivity contribution in [1.82, 2.24) is 4.98 Å². The van der Waals surface area contributed by atoms with Crippen molar-refractivity contribution in [2.45, 2.75) is 18.6 Å². The molecule has 0 aliphatic carbocycles. The molecular formula is C13H13F3N2OS. The van der Waals surface area contributed by atoms with Crippen LogP contribution in [0.25, 0.3) is 0 Å². The van der Waals surface area contributed by atoms with Gasteiger partial charge in [0.15, 0.2) is 5.13 Å². The van der Waals surface area contributed by atoms with Crippen molar-refractivity contribution in [2.75, 3.05) is 11.9 Å². The third kappa shape index (κ3) is 3.94. The first kappa shape index (κ1) is 14.8. The first-order valence-electron chi connectivity index (χ1n) is 5.93.